The first-order chi connectivity index (χ1) is 8.70. The molecule has 7 heteroatoms. The van der Waals surface area contributed by atoms with Crippen molar-refractivity contribution in [2.75, 3.05) is 0 Å². The van der Waals surface area contributed by atoms with E-state index in [0.717, 1.165) is 6.42 Å². The van der Waals surface area contributed by atoms with Crippen molar-refractivity contribution in [3.63, 3.8) is 0 Å². The number of nitro groups is 1. The highest BCUT2D eigenvalue weighted by atomic mass is 16.6. The van der Waals surface area contributed by atoms with Gasteiger partial charge in [-0.1, -0.05) is 19.1 Å². The van der Waals surface area contributed by atoms with Gasteiger partial charge in [0, 0.05) is 12.5 Å². The fraction of sp³-hybridized carbons (Fsp3) is 0.273. The van der Waals surface area contributed by atoms with Crippen molar-refractivity contribution in [2.45, 2.75) is 20.0 Å². The first-order valence-corrected chi connectivity index (χ1v) is 5.47. The molecule has 1 heterocycles. The fourth-order valence-electron chi connectivity index (χ4n) is 1.43. The molecule has 0 fully saturated rings. The van der Waals surface area contributed by atoms with E-state index < -0.39 is 4.92 Å². The molecule has 0 saturated heterocycles. The largest absolute Gasteiger partial charge is 0.479 e. The number of nitrogens with zero attached hydrogens (tertiary/aromatic N) is 3. The molecule has 0 atom stereocenters. The number of hydrogen-bond acceptors (Lipinski definition) is 5. The molecule has 1 aromatic heterocycles. The minimum Gasteiger partial charge on any atom is -0.479 e. The summed E-state index contributed by atoms with van der Waals surface area (Å²) in [6.07, 6.45) is 0.724. The zero-order valence-corrected chi connectivity index (χ0v) is 9.79. The second-order valence-corrected chi connectivity index (χ2v) is 3.57. The molecule has 0 amide bonds. The Balaban J connectivity index is 2.08. The Hall–Kier alpha value is -2.44. The van der Waals surface area contributed by atoms with Gasteiger partial charge in [0.15, 0.2) is 17.4 Å². The maximum absolute atomic E-state index is 10.8. The molecule has 0 bridgehead atoms. The van der Waals surface area contributed by atoms with Crippen molar-refractivity contribution in [3.8, 4) is 5.75 Å². The van der Waals surface area contributed by atoms with Crippen molar-refractivity contribution in [1.82, 2.24) is 15.2 Å². The molecule has 0 unspecified atom stereocenters. The van der Waals surface area contributed by atoms with E-state index in [1.165, 1.54) is 6.07 Å². The average molecular weight is 248 g/mol. The SMILES string of the molecule is CCc1n[nH]c(COc2ccccc2[N+](=O)[O-])n1. The summed E-state index contributed by atoms with van der Waals surface area (Å²) < 4.78 is 5.37. The number of nitro benzene ring substituents is 1. The van der Waals surface area contributed by atoms with E-state index in [9.17, 15) is 10.1 Å². The van der Waals surface area contributed by atoms with Crippen LogP contribution in [0.1, 0.15) is 18.6 Å². The second kappa shape index (κ2) is 5.26. The first-order valence-electron chi connectivity index (χ1n) is 5.47. The number of hydrogen-bond donors (Lipinski definition) is 1. The fourth-order valence-corrected chi connectivity index (χ4v) is 1.43. The molecule has 0 aliphatic carbocycles. The second-order valence-electron chi connectivity index (χ2n) is 3.57. The normalized spacial score (nSPS) is 10.3. The predicted octanol–water partition coefficient (Wildman–Crippen LogP) is 1.85. The Labute approximate surface area is 103 Å². The standard InChI is InChI=1S/C11H12N4O3/c1-2-10-12-11(14-13-10)7-18-9-6-4-3-5-8(9)15(16)17/h3-6H,2,7H2,1H3,(H,12,13,14). The van der Waals surface area contributed by atoms with Gasteiger partial charge in [-0.25, -0.2) is 4.98 Å². The van der Waals surface area contributed by atoms with E-state index in [1.54, 1.807) is 18.2 Å². The van der Waals surface area contributed by atoms with Crippen molar-refractivity contribution in [2.24, 2.45) is 0 Å². The number of rotatable bonds is 5. The number of aromatic amines is 1. The Morgan fingerprint density at radius 1 is 1.44 bits per heavy atom. The summed E-state index contributed by atoms with van der Waals surface area (Å²) in [5.41, 5.74) is -0.0623. The molecule has 94 valence electrons. The van der Waals surface area contributed by atoms with Crippen LogP contribution >= 0.6 is 0 Å². The van der Waals surface area contributed by atoms with Gasteiger partial charge in [0.2, 0.25) is 0 Å². The lowest BCUT2D eigenvalue weighted by molar-refractivity contribution is -0.385. The van der Waals surface area contributed by atoms with E-state index in [0.29, 0.717) is 11.6 Å². The molecule has 7 nitrogen and oxygen atoms in total. The van der Waals surface area contributed by atoms with Crippen LogP contribution in [0, 0.1) is 10.1 Å². The zero-order chi connectivity index (χ0) is 13.0. The van der Waals surface area contributed by atoms with Crippen molar-refractivity contribution >= 4 is 5.69 Å². The summed E-state index contributed by atoms with van der Waals surface area (Å²) >= 11 is 0. The first kappa shape index (κ1) is 12.0. The number of aromatic nitrogens is 3. The third kappa shape index (κ3) is 2.62. The molecule has 0 aliphatic heterocycles. The van der Waals surface area contributed by atoms with Crippen molar-refractivity contribution in [3.05, 3.63) is 46.0 Å². The molecule has 2 aromatic rings. The van der Waals surface area contributed by atoms with E-state index >= 15 is 0 Å². The summed E-state index contributed by atoms with van der Waals surface area (Å²) in [6, 6.07) is 6.22. The lowest BCUT2D eigenvalue weighted by atomic mass is 10.3. The molecule has 0 spiro atoms. The Kier molecular flexibility index (Phi) is 3.52. The van der Waals surface area contributed by atoms with Gasteiger partial charge in [-0.2, -0.15) is 5.10 Å². The van der Waals surface area contributed by atoms with Gasteiger partial charge < -0.3 is 4.74 Å². The number of benzene rings is 1. The molecule has 2 rings (SSSR count). The van der Waals surface area contributed by atoms with E-state index in [4.69, 9.17) is 4.74 Å². The summed E-state index contributed by atoms with van der Waals surface area (Å²) in [6.45, 7) is 2.06. The van der Waals surface area contributed by atoms with Gasteiger partial charge in [0.25, 0.3) is 0 Å². The van der Waals surface area contributed by atoms with Crippen LogP contribution in [0.4, 0.5) is 5.69 Å². The number of para-hydroxylation sites is 2. The van der Waals surface area contributed by atoms with Crippen LogP contribution < -0.4 is 4.74 Å². The highest BCUT2D eigenvalue weighted by molar-refractivity contribution is 5.45. The van der Waals surface area contributed by atoms with E-state index in [2.05, 4.69) is 15.2 Å². The molecular weight excluding hydrogens is 236 g/mol. The highest BCUT2D eigenvalue weighted by Gasteiger charge is 2.14. The molecule has 18 heavy (non-hydrogen) atoms. The van der Waals surface area contributed by atoms with Crippen LogP contribution in [0.2, 0.25) is 0 Å². The van der Waals surface area contributed by atoms with Crippen LogP contribution in [0.25, 0.3) is 0 Å². The monoisotopic (exact) mass is 248 g/mol. The molecule has 0 aliphatic rings. The van der Waals surface area contributed by atoms with Crippen molar-refractivity contribution in [1.29, 1.82) is 0 Å². The topological polar surface area (TPSA) is 93.9 Å². The maximum Gasteiger partial charge on any atom is 0.310 e. The lowest BCUT2D eigenvalue weighted by Gasteiger charge is -2.03. The average Bonchev–Trinajstić information content (AvgIpc) is 2.84. The van der Waals surface area contributed by atoms with Gasteiger partial charge in [-0.15, -0.1) is 0 Å². The highest BCUT2D eigenvalue weighted by Crippen LogP contribution is 2.26. The lowest BCUT2D eigenvalue weighted by Crippen LogP contribution is -2.00. The van der Waals surface area contributed by atoms with Gasteiger partial charge in [0.1, 0.15) is 6.61 Å². The number of ether oxygens (including phenoxy) is 1. The van der Waals surface area contributed by atoms with Gasteiger partial charge in [-0.05, 0) is 6.07 Å². The van der Waals surface area contributed by atoms with Gasteiger partial charge in [0.05, 0.1) is 4.92 Å². The molecule has 0 saturated carbocycles. The minimum absolute atomic E-state index is 0.0623. The van der Waals surface area contributed by atoms with Crippen LogP contribution in [-0.4, -0.2) is 20.1 Å². The Morgan fingerprint density at radius 3 is 2.89 bits per heavy atom. The van der Waals surface area contributed by atoms with Crippen LogP contribution in [0.3, 0.4) is 0 Å². The van der Waals surface area contributed by atoms with E-state index in [1.807, 2.05) is 6.92 Å². The zero-order valence-electron chi connectivity index (χ0n) is 9.79. The summed E-state index contributed by atoms with van der Waals surface area (Å²) in [5, 5.41) is 17.4. The third-order valence-corrected chi connectivity index (χ3v) is 2.32. The molecule has 1 N–H and O–H groups in total. The quantitative estimate of drug-likeness (QED) is 0.643. The van der Waals surface area contributed by atoms with Gasteiger partial charge >= 0.3 is 5.69 Å². The number of nitrogens with one attached hydrogen (secondary N) is 1. The van der Waals surface area contributed by atoms with Gasteiger partial charge in [-0.3, -0.25) is 15.2 Å². The van der Waals surface area contributed by atoms with Crippen LogP contribution in [-0.2, 0) is 13.0 Å². The molecule has 1 aromatic carbocycles. The van der Waals surface area contributed by atoms with Crippen LogP contribution in [0.15, 0.2) is 24.3 Å². The van der Waals surface area contributed by atoms with E-state index in [-0.39, 0.29) is 18.0 Å². The predicted molar refractivity (Wildman–Crippen MR) is 63.2 cm³/mol. The molecule has 0 radical (unpaired) electrons. The molecular formula is C11H12N4O3. The number of H-pyrrole nitrogens is 1. The smallest absolute Gasteiger partial charge is 0.310 e. The minimum atomic E-state index is -0.479. The third-order valence-electron chi connectivity index (χ3n) is 2.32. The Bertz CT molecular complexity index is 553. The summed E-state index contributed by atoms with van der Waals surface area (Å²) in [7, 11) is 0. The maximum atomic E-state index is 10.8. The summed E-state index contributed by atoms with van der Waals surface area (Å²) in [4.78, 5) is 14.5. The summed E-state index contributed by atoms with van der Waals surface area (Å²) in [5.74, 6) is 1.46. The van der Waals surface area contributed by atoms with Crippen LogP contribution in [0.5, 0.6) is 5.75 Å². The Morgan fingerprint density at radius 2 is 2.22 bits per heavy atom. The van der Waals surface area contributed by atoms with Crippen molar-refractivity contribution < 1.29 is 9.66 Å². The number of aryl methyl sites for hydroxylation is 1.